The van der Waals surface area contributed by atoms with E-state index in [1.54, 1.807) is 0 Å². The number of likely N-dealkylation sites (tertiary alicyclic amines) is 1. The zero-order valence-corrected chi connectivity index (χ0v) is 16.3. The second-order valence-electron chi connectivity index (χ2n) is 8.14. The van der Waals surface area contributed by atoms with Gasteiger partial charge in [0, 0.05) is 26.4 Å². The Labute approximate surface area is 164 Å². The van der Waals surface area contributed by atoms with Gasteiger partial charge in [0.1, 0.15) is 11.6 Å². The van der Waals surface area contributed by atoms with Crippen molar-refractivity contribution >= 4 is 10.9 Å². The van der Waals surface area contributed by atoms with Gasteiger partial charge in [-0.05, 0) is 50.3 Å². The molecule has 6 nitrogen and oxygen atoms in total. The molecule has 0 radical (unpaired) electrons. The highest BCUT2D eigenvalue weighted by Crippen LogP contribution is 2.34. The van der Waals surface area contributed by atoms with Gasteiger partial charge in [-0.1, -0.05) is 12.1 Å². The molecule has 0 spiro atoms. The van der Waals surface area contributed by atoms with Crippen LogP contribution < -0.4 is 5.56 Å². The van der Waals surface area contributed by atoms with Gasteiger partial charge in [-0.2, -0.15) is 0 Å². The van der Waals surface area contributed by atoms with Crippen LogP contribution >= 0.6 is 0 Å². The van der Waals surface area contributed by atoms with Crippen LogP contribution in [0, 0.1) is 12.8 Å². The molecule has 0 N–H and O–H groups in total. The lowest BCUT2D eigenvalue weighted by Crippen LogP contribution is -2.33. The normalized spacial score (nSPS) is 20.2. The van der Waals surface area contributed by atoms with Crippen molar-refractivity contribution in [2.45, 2.75) is 51.6 Å². The summed E-state index contributed by atoms with van der Waals surface area (Å²) in [6.07, 6.45) is 7.27. The minimum Gasteiger partial charge on any atom is -0.446 e. The van der Waals surface area contributed by atoms with E-state index in [4.69, 9.17) is 9.40 Å². The second-order valence-corrected chi connectivity index (χ2v) is 8.14. The highest BCUT2D eigenvalue weighted by atomic mass is 16.4. The van der Waals surface area contributed by atoms with Crippen LogP contribution in [-0.2, 0) is 13.0 Å². The van der Waals surface area contributed by atoms with Crippen LogP contribution in [0.5, 0.6) is 0 Å². The molecule has 1 atom stereocenters. The van der Waals surface area contributed by atoms with Crippen molar-refractivity contribution in [2.24, 2.45) is 5.92 Å². The summed E-state index contributed by atoms with van der Waals surface area (Å²) in [5.41, 5.74) is 0.928. The molecule has 1 saturated carbocycles. The smallest absolute Gasteiger partial charge is 0.261 e. The predicted molar refractivity (Wildman–Crippen MR) is 107 cm³/mol. The maximum atomic E-state index is 13.2. The van der Waals surface area contributed by atoms with Gasteiger partial charge in [0.25, 0.3) is 5.56 Å². The fourth-order valence-corrected chi connectivity index (χ4v) is 4.34. The van der Waals surface area contributed by atoms with Gasteiger partial charge in [-0.3, -0.25) is 14.3 Å². The first-order valence-electron chi connectivity index (χ1n) is 10.3. The number of oxazole rings is 1. The monoisotopic (exact) mass is 378 g/mol. The number of para-hydroxylation sites is 1. The van der Waals surface area contributed by atoms with Crippen LogP contribution in [0.3, 0.4) is 0 Å². The van der Waals surface area contributed by atoms with Crippen molar-refractivity contribution in [2.75, 3.05) is 13.1 Å². The molecular weight excluding hydrogens is 352 g/mol. The minimum absolute atomic E-state index is 0.116. The maximum Gasteiger partial charge on any atom is 0.261 e. The average molecular weight is 378 g/mol. The summed E-state index contributed by atoms with van der Waals surface area (Å²) in [4.78, 5) is 24.9. The second kappa shape index (κ2) is 7.17. The van der Waals surface area contributed by atoms with Crippen molar-refractivity contribution in [1.29, 1.82) is 0 Å². The Bertz CT molecular complexity index is 1050. The third-order valence-corrected chi connectivity index (χ3v) is 6.01. The van der Waals surface area contributed by atoms with Crippen molar-refractivity contribution in [3.05, 3.63) is 58.3 Å². The number of nitrogens with zero attached hydrogens (tertiary/aromatic N) is 4. The van der Waals surface area contributed by atoms with E-state index >= 15 is 0 Å². The van der Waals surface area contributed by atoms with Crippen molar-refractivity contribution in [3.8, 4) is 0 Å². The summed E-state index contributed by atoms with van der Waals surface area (Å²) in [7, 11) is 0. The molecule has 1 aliphatic carbocycles. The largest absolute Gasteiger partial charge is 0.446 e. The number of aryl methyl sites for hydroxylation is 1. The first-order valence-corrected chi connectivity index (χ1v) is 10.3. The van der Waals surface area contributed by atoms with Gasteiger partial charge in [-0.25, -0.2) is 9.97 Å². The summed E-state index contributed by atoms with van der Waals surface area (Å²) in [5.74, 6) is 3.21. The van der Waals surface area contributed by atoms with Crippen molar-refractivity contribution in [3.63, 3.8) is 0 Å². The number of hydrogen-bond donors (Lipinski definition) is 0. The highest BCUT2D eigenvalue weighted by Gasteiger charge is 2.32. The molecule has 2 fully saturated rings. The molecule has 1 unspecified atom stereocenters. The first-order chi connectivity index (χ1) is 13.7. The van der Waals surface area contributed by atoms with Crippen LogP contribution in [-0.4, -0.2) is 32.5 Å². The molecule has 1 aromatic carbocycles. The lowest BCUT2D eigenvalue weighted by molar-refractivity contribution is 0.238. The Morgan fingerprint density at radius 2 is 2.07 bits per heavy atom. The van der Waals surface area contributed by atoms with Gasteiger partial charge in [0.05, 0.1) is 23.1 Å². The lowest BCUT2D eigenvalue weighted by atomic mass is 10.1. The van der Waals surface area contributed by atoms with Crippen LogP contribution in [0.15, 0.2) is 39.7 Å². The molecule has 146 valence electrons. The molecule has 3 aromatic rings. The summed E-state index contributed by atoms with van der Waals surface area (Å²) in [5, 5.41) is 0.730. The van der Waals surface area contributed by atoms with Crippen LogP contribution in [0.4, 0.5) is 0 Å². The molecule has 3 heterocycles. The number of benzene rings is 1. The first kappa shape index (κ1) is 17.6. The maximum absolute atomic E-state index is 13.2. The molecule has 2 aromatic heterocycles. The van der Waals surface area contributed by atoms with E-state index in [-0.39, 0.29) is 11.6 Å². The molecule has 5 rings (SSSR count). The molecule has 0 amide bonds. The Morgan fingerprint density at radius 3 is 2.86 bits per heavy atom. The Morgan fingerprint density at radius 1 is 1.21 bits per heavy atom. The van der Waals surface area contributed by atoms with Crippen LogP contribution in [0.1, 0.15) is 49.2 Å². The molecular formula is C22H26N4O2. The third-order valence-electron chi connectivity index (χ3n) is 6.01. The third kappa shape index (κ3) is 3.37. The van der Waals surface area contributed by atoms with E-state index in [1.807, 2.05) is 42.0 Å². The van der Waals surface area contributed by atoms with Gasteiger partial charge < -0.3 is 4.42 Å². The summed E-state index contributed by atoms with van der Waals surface area (Å²) < 4.78 is 7.61. The fourth-order valence-electron chi connectivity index (χ4n) is 4.34. The van der Waals surface area contributed by atoms with E-state index in [9.17, 15) is 4.79 Å². The zero-order valence-electron chi connectivity index (χ0n) is 16.3. The van der Waals surface area contributed by atoms with Crippen molar-refractivity contribution in [1.82, 2.24) is 19.4 Å². The van der Waals surface area contributed by atoms with E-state index in [0.717, 1.165) is 61.4 Å². The summed E-state index contributed by atoms with van der Waals surface area (Å²) >= 11 is 0. The number of aromatic nitrogens is 3. The fraction of sp³-hybridized carbons (Fsp3) is 0.500. The quantitative estimate of drug-likeness (QED) is 0.657. The summed E-state index contributed by atoms with van der Waals surface area (Å²) in [6, 6.07) is 7.94. The zero-order chi connectivity index (χ0) is 19.1. The molecule has 28 heavy (non-hydrogen) atoms. The van der Waals surface area contributed by atoms with Gasteiger partial charge in [0.2, 0.25) is 0 Å². The standard InChI is InChI=1S/C22H26N4O2/c1-15-23-13-17(28-15)10-12-25-11-4-7-20(25)21-24-19-6-3-2-5-18(19)22(27)26(21)14-16-8-9-16/h2-3,5-6,13,16,20H,4,7-12,14H2,1H3. The number of rotatable bonds is 6. The molecule has 1 saturated heterocycles. The Kier molecular flexibility index (Phi) is 4.51. The van der Waals surface area contributed by atoms with Crippen molar-refractivity contribution < 1.29 is 4.42 Å². The van der Waals surface area contributed by atoms with Gasteiger partial charge >= 0.3 is 0 Å². The van der Waals surface area contributed by atoms with Gasteiger partial charge in [0.15, 0.2) is 5.89 Å². The highest BCUT2D eigenvalue weighted by molar-refractivity contribution is 5.77. The van der Waals surface area contributed by atoms with Crippen LogP contribution in [0.2, 0.25) is 0 Å². The van der Waals surface area contributed by atoms with Crippen LogP contribution in [0.25, 0.3) is 10.9 Å². The Balaban J connectivity index is 1.48. The predicted octanol–water partition coefficient (Wildman–Crippen LogP) is 3.48. The van der Waals surface area contributed by atoms with Gasteiger partial charge in [-0.15, -0.1) is 0 Å². The molecule has 2 aliphatic rings. The molecule has 1 aliphatic heterocycles. The lowest BCUT2D eigenvalue weighted by Gasteiger charge is -2.26. The Hall–Kier alpha value is -2.47. The minimum atomic E-state index is 0.116. The molecule has 0 bridgehead atoms. The average Bonchev–Trinajstić information content (AvgIpc) is 3.23. The van der Waals surface area contributed by atoms with E-state index in [2.05, 4.69) is 9.88 Å². The van der Waals surface area contributed by atoms with E-state index < -0.39 is 0 Å². The summed E-state index contributed by atoms with van der Waals surface area (Å²) in [6.45, 7) is 4.60. The number of hydrogen-bond acceptors (Lipinski definition) is 5. The molecule has 6 heteroatoms. The van der Waals surface area contributed by atoms with E-state index in [0.29, 0.717) is 11.8 Å². The topological polar surface area (TPSA) is 64.2 Å². The SMILES string of the molecule is Cc1ncc(CCN2CCCC2c2nc3ccccc3c(=O)n2CC2CC2)o1. The van der Waals surface area contributed by atoms with E-state index in [1.165, 1.54) is 12.8 Å². The number of fused-ring (bicyclic) bond motifs is 1.